The Morgan fingerprint density at radius 3 is 2.62 bits per heavy atom. The van der Waals surface area contributed by atoms with E-state index in [1.807, 2.05) is 20.8 Å². The second-order valence-corrected chi connectivity index (χ2v) is 6.84. The summed E-state index contributed by atoms with van der Waals surface area (Å²) in [7, 11) is 0. The summed E-state index contributed by atoms with van der Waals surface area (Å²) < 4.78 is 13.7. The number of hydrogen-bond donors (Lipinski definition) is 1. The van der Waals surface area contributed by atoms with Crippen LogP contribution in [0.4, 0.5) is 9.18 Å². The Hall–Kier alpha value is -0.320. The molecule has 1 N–H and O–H groups in total. The van der Waals surface area contributed by atoms with Gasteiger partial charge in [-0.15, -0.1) is 0 Å². The first-order valence-corrected chi connectivity index (χ1v) is 6.60. The van der Waals surface area contributed by atoms with Gasteiger partial charge in [-0.3, -0.25) is 0 Å². The maximum absolute atomic E-state index is 13.7. The highest BCUT2D eigenvalue weighted by Gasteiger charge is 2.49. The summed E-state index contributed by atoms with van der Waals surface area (Å²) in [5.41, 5.74) is -0.248. The zero-order chi connectivity index (χ0) is 12.1. The normalized spacial score (nSPS) is 39.6. The molecule has 2 rings (SSSR count). The van der Waals surface area contributed by atoms with Gasteiger partial charge in [0.15, 0.2) is 0 Å². The third-order valence-electron chi connectivity index (χ3n) is 3.38. The summed E-state index contributed by atoms with van der Waals surface area (Å²) in [4.78, 5) is 13.5. The van der Waals surface area contributed by atoms with Gasteiger partial charge in [0.2, 0.25) is 0 Å². The van der Waals surface area contributed by atoms with Crippen LogP contribution in [0.2, 0.25) is 0 Å². The van der Waals surface area contributed by atoms with Gasteiger partial charge in [0.25, 0.3) is 0 Å². The summed E-state index contributed by atoms with van der Waals surface area (Å²) in [5, 5.41) is 2.95. The van der Waals surface area contributed by atoms with Gasteiger partial charge in [-0.05, 0) is 27.2 Å². The average Bonchev–Trinajstić information content (AvgIpc) is 2.40. The van der Waals surface area contributed by atoms with Crippen LogP contribution in [0.25, 0.3) is 0 Å². The Morgan fingerprint density at radius 2 is 2.06 bits per heavy atom. The van der Waals surface area contributed by atoms with Crippen LogP contribution in [0.1, 0.15) is 33.6 Å². The molecule has 4 atom stereocenters. The highest BCUT2D eigenvalue weighted by atomic mass is 79.9. The SMILES string of the molecule is CC(C)(C)N1C(=O)NC2CC(Br)C(F)CC21. The van der Waals surface area contributed by atoms with Gasteiger partial charge in [-0.2, -0.15) is 0 Å². The second kappa shape index (κ2) is 3.86. The molecule has 5 heteroatoms. The number of urea groups is 1. The van der Waals surface area contributed by atoms with Crippen LogP contribution in [-0.4, -0.2) is 39.6 Å². The Morgan fingerprint density at radius 1 is 1.44 bits per heavy atom. The van der Waals surface area contributed by atoms with E-state index in [0.29, 0.717) is 12.8 Å². The van der Waals surface area contributed by atoms with E-state index in [-0.39, 0.29) is 28.5 Å². The monoisotopic (exact) mass is 292 g/mol. The number of nitrogens with zero attached hydrogens (tertiary/aromatic N) is 1. The largest absolute Gasteiger partial charge is 0.333 e. The van der Waals surface area contributed by atoms with Gasteiger partial charge in [0.1, 0.15) is 6.17 Å². The molecule has 2 aliphatic rings. The first kappa shape index (κ1) is 12.1. The number of carbonyl (C=O) groups excluding carboxylic acids is 1. The number of halogens is 2. The van der Waals surface area contributed by atoms with E-state index in [9.17, 15) is 9.18 Å². The van der Waals surface area contributed by atoms with Crippen molar-refractivity contribution in [3.05, 3.63) is 0 Å². The first-order chi connectivity index (χ1) is 7.30. The van der Waals surface area contributed by atoms with Crippen LogP contribution in [0.15, 0.2) is 0 Å². The van der Waals surface area contributed by atoms with E-state index in [0.717, 1.165) is 0 Å². The Bertz CT molecular complexity index is 305. The van der Waals surface area contributed by atoms with Crippen LogP contribution >= 0.6 is 15.9 Å². The molecule has 1 saturated carbocycles. The van der Waals surface area contributed by atoms with Crippen molar-refractivity contribution in [2.45, 2.75) is 62.2 Å². The van der Waals surface area contributed by atoms with Gasteiger partial charge in [-0.25, -0.2) is 9.18 Å². The Labute approximate surface area is 104 Å². The third kappa shape index (κ3) is 1.94. The summed E-state index contributed by atoms with van der Waals surface area (Å²) in [5.74, 6) is 0. The molecule has 2 amide bonds. The molecule has 1 saturated heterocycles. The van der Waals surface area contributed by atoms with Crippen molar-refractivity contribution in [1.82, 2.24) is 10.2 Å². The van der Waals surface area contributed by atoms with Crippen molar-refractivity contribution in [3.63, 3.8) is 0 Å². The molecule has 4 unspecified atom stereocenters. The van der Waals surface area contributed by atoms with Crippen molar-refractivity contribution in [1.29, 1.82) is 0 Å². The van der Waals surface area contributed by atoms with Crippen LogP contribution < -0.4 is 5.32 Å². The predicted molar refractivity (Wildman–Crippen MR) is 64.5 cm³/mol. The van der Waals surface area contributed by atoms with Gasteiger partial charge >= 0.3 is 6.03 Å². The summed E-state index contributed by atoms with van der Waals surface area (Å²) in [6.07, 6.45) is 0.236. The fourth-order valence-electron chi connectivity index (χ4n) is 2.71. The smallest absolute Gasteiger partial charge is 0.318 e. The van der Waals surface area contributed by atoms with E-state index in [1.165, 1.54) is 0 Å². The standard InChI is InChI=1S/C11H18BrFN2O/c1-11(2,3)15-9-5-7(13)6(12)4-8(9)14-10(15)16/h6-9H,4-5H2,1-3H3,(H,14,16). The molecule has 0 bridgehead atoms. The molecule has 16 heavy (non-hydrogen) atoms. The summed E-state index contributed by atoms with van der Waals surface area (Å²) >= 11 is 3.34. The minimum Gasteiger partial charge on any atom is -0.333 e. The molecule has 0 aromatic carbocycles. The van der Waals surface area contributed by atoms with Crippen LogP contribution in [0, 0.1) is 0 Å². The number of carbonyl (C=O) groups is 1. The van der Waals surface area contributed by atoms with Crippen LogP contribution in [0.3, 0.4) is 0 Å². The van der Waals surface area contributed by atoms with Crippen molar-refractivity contribution in [2.24, 2.45) is 0 Å². The third-order valence-corrected chi connectivity index (χ3v) is 4.33. The minimum atomic E-state index is -0.862. The van der Waals surface area contributed by atoms with E-state index >= 15 is 0 Å². The zero-order valence-corrected chi connectivity index (χ0v) is 11.4. The molecule has 0 spiro atoms. The van der Waals surface area contributed by atoms with E-state index in [4.69, 9.17) is 0 Å². The number of fused-ring (bicyclic) bond motifs is 1. The van der Waals surface area contributed by atoms with Crippen LogP contribution in [0.5, 0.6) is 0 Å². The highest BCUT2D eigenvalue weighted by Crippen LogP contribution is 2.36. The average molecular weight is 293 g/mol. The van der Waals surface area contributed by atoms with Gasteiger partial charge in [-0.1, -0.05) is 15.9 Å². The van der Waals surface area contributed by atoms with Crippen molar-refractivity contribution in [3.8, 4) is 0 Å². The van der Waals surface area contributed by atoms with Gasteiger partial charge < -0.3 is 10.2 Å². The number of nitrogens with one attached hydrogen (secondary N) is 1. The molecular formula is C11H18BrFN2O. The first-order valence-electron chi connectivity index (χ1n) is 5.68. The molecule has 0 aromatic heterocycles. The molecule has 0 aromatic rings. The van der Waals surface area contributed by atoms with Crippen molar-refractivity contribution in [2.75, 3.05) is 0 Å². The minimum absolute atomic E-state index is 0.00343. The number of hydrogen-bond acceptors (Lipinski definition) is 1. The van der Waals surface area contributed by atoms with Crippen LogP contribution in [-0.2, 0) is 0 Å². The van der Waals surface area contributed by atoms with Gasteiger partial charge in [0, 0.05) is 16.8 Å². The molecule has 1 aliphatic heterocycles. The fraction of sp³-hybridized carbons (Fsp3) is 0.909. The Kier molecular flexibility index (Phi) is 2.93. The number of alkyl halides is 2. The molecule has 1 aliphatic carbocycles. The number of rotatable bonds is 0. The lowest BCUT2D eigenvalue weighted by atomic mass is 9.87. The van der Waals surface area contributed by atoms with E-state index < -0.39 is 6.17 Å². The zero-order valence-electron chi connectivity index (χ0n) is 9.84. The van der Waals surface area contributed by atoms with Gasteiger partial charge in [0.05, 0.1) is 12.1 Å². The molecule has 3 nitrogen and oxygen atoms in total. The van der Waals surface area contributed by atoms with Crippen molar-refractivity contribution < 1.29 is 9.18 Å². The summed E-state index contributed by atoms with van der Waals surface area (Å²) in [6, 6.07) is 0.0238. The molecular weight excluding hydrogens is 275 g/mol. The fourth-order valence-corrected chi connectivity index (χ4v) is 3.33. The quantitative estimate of drug-likeness (QED) is 0.684. The Balaban J connectivity index is 2.21. The lowest BCUT2D eigenvalue weighted by Gasteiger charge is -2.40. The maximum atomic E-state index is 13.7. The topological polar surface area (TPSA) is 32.3 Å². The molecule has 0 radical (unpaired) electrons. The number of amides is 2. The van der Waals surface area contributed by atoms with Crippen molar-refractivity contribution >= 4 is 22.0 Å². The lowest BCUT2D eigenvalue weighted by Crippen LogP contribution is -2.52. The molecule has 2 fully saturated rings. The van der Waals surface area contributed by atoms with E-state index in [2.05, 4.69) is 21.2 Å². The second-order valence-electron chi connectivity index (χ2n) is 5.67. The lowest BCUT2D eigenvalue weighted by molar-refractivity contribution is 0.0963. The van der Waals surface area contributed by atoms with E-state index in [1.54, 1.807) is 4.90 Å². The molecule has 92 valence electrons. The summed E-state index contributed by atoms with van der Waals surface area (Å²) in [6.45, 7) is 5.97. The molecule has 1 heterocycles. The maximum Gasteiger partial charge on any atom is 0.318 e. The highest BCUT2D eigenvalue weighted by molar-refractivity contribution is 9.09. The predicted octanol–water partition coefficient (Wildman–Crippen LogP) is 2.44.